The summed E-state index contributed by atoms with van der Waals surface area (Å²) in [6, 6.07) is 5.78. The Kier molecular flexibility index (Phi) is 5.87. The molecule has 0 amide bonds. The van der Waals surface area contributed by atoms with E-state index in [1.807, 2.05) is 18.2 Å². The summed E-state index contributed by atoms with van der Waals surface area (Å²) in [6.45, 7) is 3.66. The number of likely N-dealkylation sites (N-methyl/N-ethyl adjacent to an activating group) is 1. The van der Waals surface area contributed by atoms with Gasteiger partial charge in [0.15, 0.2) is 16.7 Å². The largest absolute Gasteiger partial charge is 0.464 e. The van der Waals surface area contributed by atoms with Gasteiger partial charge in [-0.05, 0) is 25.2 Å². The Morgan fingerprint density at radius 3 is 2.74 bits per heavy atom. The number of nitrogens with two attached hydrogens (primary N) is 1. The van der Waals surface area contributed by atoms with Crippen LogP contribution >= 0.6 is 11.6 Å². The minimum Gasteiger partial charge on any atom is -0.464 e. The first-order valence-electron chi connectivity index (χ1n) is 9.58. The summed E-state index contributed by atoms with van der Waals surface area (Å²) < 4.78 is 6.20. The molecule has 0 spiro atoms. The Bertz CT molecular complexity index is 1100. The van der Waals surface area contributed by atoms with Crippen LogP contribution < -0.4 is 16.0 Å². The van der Waals surface area contributed by atoms with E-state index in [4.69, 9.17) is 22.1 Å². The summed E-state index contributed by atoms with van der Waals surface area (Å²) in [5, 5.41) is 11.3. The smallest absolute Gasteiger partial charge is 0.360 e. The molecule has 0 aliphatic carbocycles. The fraction of sp³-hybridized carbons (Fsp3) is 0.316. The maximum absolute atomic E-state index is 11.7. The highest BCUT2D eigenvalue weighted by molar-refractivity contribution is 6.32. The van der Waals surface area contributed by atoms with Crippen molar-refractivity contribution in [3.05, 3.63) is 41.6 Å². The lowest BCUT2D eigenvalue weighted by Gasteiger charge is -2.35. The lowest BCUT2D eigenvalue weighted by Crippen LogP contribution is -2.44. The van der Waals surface area contributed by atoms with Gasteiger partial charge in [0.25, 0.3) is 0 Å². The van der Waals surface area contributed by atoms with Crippen molar-refractivity contribution in [3.8, 4) is 5.69 Å². The maximum Gasteiger partial charge on any atom is 0.360 e. The first-order valence-corrected chi connectivity index (χ1v) is 9.95. The van der Waals surface area contributed by atoms with Crippen LogP contribution in [0.15, 0.2) is 30.7 Å². The third-order valence-electron chi connectivity index (χ3n) is 5.06. The van der Waals surface area contributed by atoms with Gasteiger partial charge in [-0.2, -0.15) is 0 Å². The van der Waals surface area contributed by atoms with E-state index in [0.29, 0.717) is 11.5 Å². The van der Waals surface area contributed by atoms with Crippen molar-refractivity contribution in [3.63, 3.8) is 0 Å². The van der Waals surface area contributed by atoms with Crippen molar-refractivity contribution in [2.24, 2.45) is 0 Å². The number of nitrogens with zero attached hydrogens (tertiary/aromatic N) is 7. The zero-order chi connectivity index (χ0) is 22.0. The molecule has 0 unspecified atom stereocenters. The second kappa shape index (κ2) is 8.74. The van der Waals surface area contributed by atoms with Crippen molar-refractivity contribution in [1.82, 2.24) is 29.9 Å². The topological polar surface area (TPSA) is 127 Å². The number of piperazine rings is 1. The molecule has 1 aliphatic rings. The minimum atomic E-state index is -0.554. The zero-order valence-electron chi connectivity index (χ0n) is 17.1. The molecular weight excluding hydrogens is 422 g/mol. The van der Waals surface area contributed by atoms with Crippen LogP contribution in [0.2, 0.25) is 5.15 Å². The Morgan fingerprint density at radius 1 is 1.23 bits per heavy atom. The SMILES string of the molecule is COC(=O)c1cn(-c2ccc(N3CCN(C)CC3)c(Nc3ncnc(Cl)c3N)c2)nn1. The van der Waals surface area contributed by atoms with Gasteiger partial charge in [0.2, 0.25) is 0 Å². The zero-order valence-corrected chi connectivity index (χ0v) is 17.9. The van der Waals surface area contributed by atoms with Gasteiger partial charge in [0, 0.05) is 26.2 Å². The van der Waals surface area contributed by atoms with Gasteiger partial charge in [0.1, 0.15) is 12.0 Å². The number of carbonyl (C=O) groups is 1. The van der Waals surface area contributed by atoms with Crippen LogP contribution in [0.4, 0.5) is 22.9 Å². The molecule has 0 radical (unpaired) electrons. The van der Waals surface area contributed by atoms with E-state index in [0.717, 1.165) is 37.6 Å². The molecule has 11 nitrogen and oxygen atoms in total. The summed E-state index contributed by atoms with van der Waals surface area (Å²) in [4.78, 5) is 24.4. The van der Waals surface area contributed by atoms with Crippen molar-refractivity contribution in [2.75, 3.05) is 56.3 Å². The summed E-state index contributed by atoms with van der Waals surface area (Å²) in [5.41, 5.74) is 8.88. The van der Waals surface area contributed by atoms with E-state index in [1.54, 1.807) is 0 Å². The number of benzene rings is 1. The quantitative estimate of drug-likeness (QED) is 0.443. The molecule has 2 aromatic heterocycles. The molecule has 1 fully saturated rings. The number of hydrogen-bond donors (Lipinski definition) is 2. The van der Waals surface area contributed by atoms with E-state index >= 15 is 0 Å². The number of rotatable bonds is 5. The third kappa shape index (κ3) is 4.37. The summed E-state index contributed by atoms with van der Waals surface area (Å²) in [6.07, 6.45) is 2.86. The summed E-state index contributed by atoms with van der Waals surface area (Å²) >= 11 is 6.06. The number of anilines is 4. The number of esters is 1. The Hall–Kier alpha value is -3.44. The van der Waals surface area contributed by atoms with Gasteiger partial charge in [-0.1, -0.05) is 16.8 Å². The van der Waals surface area contributed by atoms with Crippen LogP contribution in [-0.4, -0.2) is 76.2 Å². The monoisotopic (exact) mass is 443 g/mol. The number of hydrogen-bond acceptors (Lipinski definition) is 10. The standard InChI is InChI=1S/C19H22ClN9O2/c1-27-5-7-28(8-6-27)15-4-3-12(29-10-14(25-26-29)19(30)31-2)9-13(15)24-18-16(21)17(20)22-11-23-18/h3-4,9-11H,5-8,21H2,1-2H3,(H,22,23,24). The van der Waals surface area contributed by atoms with Crippen LogP contribution in [0.1, 0.15) is 10.5 Å². The molecule has 3 heterocycles. The van der Waals surface area contributed by atoms with Crippen molar-refractivity contribution >= 4 is 40.5 Å². The molecule has 0 atom stereocenters. The molecule has 162 valence electrons. The average molecular weight is 444 g/mol. The Morgan fingerprint density at radius 2 is 2.00 bits per heavy atom. The maximum atomic E-state index is 11.7. The van der Waals surface area contributed by atoms with Gasteiger partial charge < -0.3 is 25.6 Å². The molecule has 12 heteroatoms. The molecule has 3 N–H and O–H groups in total. The van der Waals surface area contributed by atoms with E-state index in [-0.39, 0.29) is 16.5 Å². The number of carbonyl (C=O) groups excluding carboxylic acids is 1. The first-order chi connectivity index (χ1) is 15.0. The molecular formula is C19H22ClN9O2. The molecule has 1 aliphatic heterocycles. The molecule has 1 saturated heterocycles. The fourth-order valence-electron chi connectivity index (χ4n) is 3.28. The number of nitrogens with one attached hydrogen (secondary N) is 1. The third-order valence-corrected chi connectivity index (χ3v) is 5.37. The number of ether oxygens (including phenoxy) is 1. The summed E-state index contributed by atoms with van der Waals surface area (Å²) in [5.74, 6) is -0.150. The van der Waals surface area contributed by atoms with Crippen molar-refractivity contribution in [1.29, 1.82) is 0 Å². The second-order valence-electron chi connectivity index (χ2n) is 7.08. The Labute approximate surface area is 183 Å². The van der Waals surface area contributed by atoms with E-state index in [2.05, 4.69) is 42.4 Å². The highest BCUT2D eigenvalue weighted by Crippen LogP contribution is 2.34. The lowest BCUT2D eigenvalue weighted by molar-refractivity contribution is 0.0594. The number of methoxy groups -OCH3 is 1. The van der Waals surface area contributed by atoms with Crippen molar-refractivity contribution < 1.29 is 9.53 Å². The van der Waals surface area contributed by atoms with E-state index in [9.17, 15) is 4.79 Å². The fourth-order valence-corrected chi connectivity index (χ4v) is 3.41. The molecule has 3 aromatic rings. The first kappa shape index (κ1) is 20.8. The molecule has 1 aromatic carbocycles. The van der Waals surface area contributed by atoms with Crippen LogP contribution in [0.25, 0.3) is 5.69 Å². The van der Waals surface area contributed by atoms with Gasteiger partial charge in [0.05, 0.1) is 30.4 Å². The van der Waals surface area contributed by atoms with Gasteiger partial charge >= 0.3 is 5.97 Å². The van der Waals surface area contributed by atoms with Crippen molar-refractivity contribution in [2.45, 2.75) is 0 Å². The normalized spacial score (nSPS) is 14.5. The van der Waals surface area contributed by atoms with E-state index < -0.39 is 5.97 Å². The van der Waals surface area contributed by atoms with Gasteiger partial charge in [-0.3, -0.25) is 0 Å². The lowest BCUT2D eigenvalue weighted by atomic mass is 10.2. The van der Waals surface area contributed by atoms with Crippen LogP contribution in [-0.2, 0) is 4.74 Å². The molecule has 4 rings (SSSR count). The molecule has 31 heavy (non-hydrogen) atoms. The van der Waals surface area contributed by atoms with Gasteiger partial charge in [-0.15, -0.1) is 5.10 Å². The minimum absolute atomic E-state index is 0.118. The van der Waals surface area contributed by atoms with Crippen LogP contribution in [0.3, 0.4) is 0 Å². The average Bonchev–Trinajstić information content (AvgIpc) is 3.27. The molecule has 0 bridgehead atoms. The predicted octanol–water partition coefficient (Wildman–Crippen LogP) is 1.57. The Balaban J connectivity index is 1.72. The predicted molar refractivity (Wildman–Crippen MR) is 117 cm³/mol. The molecule has 0 saturated carbocycles. The summed E-state index contributed by atoms with van der Waals surface area (Å²) in [7, 11) is 3.40. The van der Waals surface area contributed by atoms with Crippen LogP contribution in [0.5, 0.6) is 0 Å². The highest BCUT2D eigenvalue weighted by Gasteiger charge is 2.20. The highest BCUT2D eigenvalue weighted by atomic mass is 35.5. The van der Waals surface area contributed by atoms with E-state index in [1.165, 1.54) is 24.3 Å². The number of halogens is 1. The van der Waals surface area contributed by atoms with Crippen LogP contribution in [0, 0.1) is 0 Å². The second-order valence-corrected chi connectivity index (χ2v) is 7.44. The van der Waals surface area contributed by atoms with Gasteiger partial charge in [-0.25, -0.2) is 19.4 Å². The number of nitrogen functional groups attached to an aromatic ring is 1. The number of aromatic nitrogens is 5.